The molecule has 1 aliphatic rings. The number of hydrogen-bond donors (Lipinski definition) is 1. The average molecular weight is 366 g/mol. The van der Waals surface area contributed by atoms with Gasteiger partial charge in [-0.2, -0.15) is 0 Å². The van der Waals surface area contributed by atoms with Crippen molar-refractivity contribution in [2.45, 2.75) is 33.1 Å². The highest BCUT2D eigenvalue weighted by molar-refractivity contribution is 5.85. The van der Waals surface area contributed by atoms with E-state index in [-0.39, 0.29) is 11.2 Å². The second-order valence-corrected chi connectivity index (χ2v) is 6.67. The Morgan fingerprint density at radius 3 is 2.56 bits per heavy atom. The molecule has 140 valence electrons. The van der Waals surface area contributed by atoms with E-state index in [0.717, 1.165) is 17.5 Å². The molecule has 2 heterocycles. The normalized spacial score (nSPS) is 13.1. The van der Waals surface area contributed by atoms with E-state index in [2.05, 4.69) is 0 Å². The Bertz CT molecular complexity index is 1060. The summed E-state index contributed by atoms with van der Waals surface area (Å²) in [5.41, 5.74) is 2.36. The van der Waals surface area contributed by atoms with Crippen LogP contribution in [-0.4, -0.2) is 18.3 Å². The Kier molecular flexibility index (Phi) is 4.52. The lowest BCUT2D eigenvalue weighted by molar-refractivity contribution is 0.171. The zero-order valence-electron chi connectivity index (χ0n) is 15.5. The molecule has 0 saturated carbocycles. The number of hydrogen-bond acceptors (Lipinski definition) is 5. The standard InChI is InChI=1S/C22H22O5/c1-3-5-18-21(14-6-7-17-20(11-14)26-9-8-25-17)22(24)15-10-13(4-2)16(23)12-19(15)27-18/h6-7,10-12,23H,3-5,8-9H2,1-2H3. The summed E-state index contributed by atoms with van der Waals surface area (Å²) >= 11 is 0. The first kappa shape index (κ1) is 17.5. The quantitative estimate of drug-likeness (QED) is 0.739. The van der Waals surface area contributed by atoms with Crippen molar-refractivity contribution in [1.29, 1.82) is 0 Å². The first-order valence-corrected chi connectivity index (χ1v) is 9.34. The number of aryl methyl sites for hydroxylation is 2. The number of rotatable bonds is 4. The van der Waals surface area contributed by atoms with Gasteiger partial charge in [0.15, 0.2) is 11.5 Å². The van der Waals surface area contributed by atoms with Crippen molar-refractivity contribution in [2.75, 3.05) is 13.2 Å². The molecule has 5 heteroatoms. The van der Waals surface area contributed by atoms with E-state index in [1.807, 2.05) is 32.0 Å². The molecule has 1 aliphatic heterocycles. The maximum atomic E-state index is 13.4. The third-order valence-electron chi connectivity index (χ3n) is 4.85. The molecule has 0 unspecified atom stereocenters. The molecule has 0 bridgehead atoms. The molecule has 0 aliphatic carbocycles. The highest BCUT2D eigenvalue weighted by Crippen LogP contribution is 2.36. The van der Waals surface area contributed by atoms with E-state index >= 15 is 0 Å². The van der Waals surface area contributed by atoms with Crippen LogP contribution in [0.3, 0.4) is 0 Å². The molecule has 4 rings (SSSR count). The first-order valence-electron chi connectivity index (χ1n) is 9.34. The fraction of sp³-hybridized carbons (Fsp3) is 0.318. The molecule has 0 saturated heterocycles. The molecular weight excluding hydrogens is 344 g/mol. The summed E-state index contributed by atoms with van der Waals surface area (Å²) in [5.74, 6) is 2.10. The van der Waals surface area contributed by atoms with Gasteiger partial charge in [-0.1, -0.05) is 19.9 Å². The van der Waals surface area contributed by atoms with Crippen LogP contribution in [-0.2, 0) is 12.8 Å². The zero-order chi connectivity index (χ0) is 19.0. The van der Waals surface area contributed by atoms with Gasteiger partial charge in [-0.05, 0) is 42.2 Å². The second kappa shape index (κ2) is 6.99. The highest BCUT2D eigenvalue weighted by Gasteiger charge is 2.20. The van der Waals surface area contributed by atoms with Crippen molar-refractivity contribution in [3.63, 3.8) is 0 Å². The lowest BCUT2D eigenvalue weighted by Gasteiger charge is -2.19. The predicted molar refractivity (Wildman–Crippen MR) is 104 cm³/mol. The number of benzene rings is 2. The molecule has 0 atom stereocenters. The second-order valence-electron chi connectivity index (χ2n) is 6.67. The third-order valence-corrected chi connectivity index (χ3v) is 4.85. The maximum absolute atomic E-state index is 13.4. The fourth-order valence-electron chi connectivity index (χ4n) is 3.50. The molecule has 27 heavy (non-hydrogen) atoms. The molecular formula is C22H22O5. The number of phenolic OH excluding ortho intramolecular Hbond substituents is 1. The number of phenols is 1. The molecule has 1 aromatic heterocycles. The van der Waals surface area contributed by atoms with E-state index in [4.69, 9.17) is 13.9 Å². The van der Waals surface area contributed by atoms with Gasteiger partial charge >= 0.3 is 0 Å². The van der Waals surface area contributed by atoms with E-state index < -0.39 is 0 Å². The summed E-state index contributed by atoms with van der Waals surface area (Å²) in [6.45, 7) is 4.99. The largest absolute Gasteiger partial charge is 0.508 e. The molecule has 2 aromatic carbocycles. The van der Waals surface area contributed by atoms with Gasteiger partial charge in [-0.3, -0.25) is 4.79 Å². The minimum atomic E-state index is -0.0916. The Morgan fingerprint density at radius 1 is 1.04 bits per heavy atom. The van der Waals surface area contributed by atoms with Crippen LogP contribution >= 0.6 is 0 Å². The Balaban J connectivity index is 1.98. The van der Waals surface area contributed by atoms with Crippen molar-refractivity contribution in [1.82, 2.24) is 0 Å². The molecule has 0 amide bonds. The lowest BCUT2D eigenvalue weighted by Crippen LogP contribution is -2.15. The minimum absolute atomic E-state index is 0.0916. The highest BCUT2D eigenvalue weighted by atomic mass is 16.6. The third kappa shape index (κ3) is 3.03. The van der Waals surface area contributed by atoms with Gasteiger partial charge in [0, 0.05) is 12.5 Å². The number of fused-ring (bicyclic) bond motifs is 2. The smallest absolute Gasteiger partial charge is 0.200 e. The predicted octanol–water partition coefficient (Wildman–Crippen LogP) is 4.45. The van der Waals surface area contributed by atoms with E-state index in [0.29, 0.717) is 59.8 Å². The van der Waals surface area contributed by atoms with Gasteiger partial charge in [0.25, 0.3) is 0 Å². The number of aromatic hydroxyl groups is 1. The Hall–Kier alpha value is -2.95. The van der Waals surface area contributed by atoms with Crippen LogP contribution in [0.4, 0.5) is 0 Å². The van der Waals surface area contributed by atoms with Crippen LogP contribution in [0.1, 0.15) is 31.6 Å². The molecule has 0 fully saturated rings. The Morgan fingerprint density at radius 2 is 1.81 bits per heavy atom. The Labute approximate surface area is 157 Å². The van der Waals surface area contributed by atoms with Crippen molar-refractivity contribution >= 4 is 11.0 Å². The van der Waals surface area contributed by atoms with E-state index in [1.54, 1.807) is 12.1 Å². The van der Waals surface area contributed by atoms with Crippen molar-refractivity contribution in [3.8, 4) is 28.4 Å². The zero-order valence-corrected chi connectivity index (χ0v) is 15.5. The number of ether oxygens (including phenoxy) is 2. The topological polar surface area (TPSA) is 68.9 Å². The minimum Gasteiger partial charge on any atom is -0.508 e. The molecule has 0 radical (unpaired) electrons. The fourth-order valence-corrected chi connectivity index (χ4v) is 3.50. The van der Waals surface area contributed by atoms with Crippen LogP contribution in [0.25, 0.3) is 22.1 Å². The average Bonchev–Trinajstić information content (AvgIpc) is 2.68. The summed E-state index contributed by atoms with van der Waals surface area (Å²) in [6.07, 6.45) is 2.10. The maximum Gasteiger partial charge on any atom is 0.200 e. The molecule has 3 aromatic rings. The van der Waals surface area contributed by atoms with Crippen molar-refractivity contribution < 1.29 is 19.0 Å². The summed E-state index contributed by atoms with van der Waals surface area (Å²) in [5, 5.41) is 10.6. The summed E-state index contributed by atoms with van der Waals surface area (Å²) in [6, 6.07) is 8.81. The molecule has 0 spiro atoms. The summed E-state index contributed by atoms with van der Waals surface area (Å²) in [4.78, 5) is 13.4. The molecule has 1 N–H and O–H groups in total. The van der Waals surface area contributed by atoms with Gasteiger partial charge in [0.2, 0.25) is 5.43 Å². The van der Waals surface area contributed by atoms with Crippen molar-refractivity contribution in [2.24, 2.45) is 0 Å². The van der Waals surface area contributed by atoms with Gasteiger partial charge in [0.1, 0.15) is 30.3 Å². The van der Waals surface area contributed by atoms with Crippen LogP contribution in [0.2, 0.25) is 0 Å². The van der Waals surface area contributed by atoms with Crippen LogP contribution in [0.15, 0.2) is 39.5 Å². The molecule has 5 nitrogen and oxygen atoms in total. The lowest BCUT2D eigenvalue weighted by atomic mass is 9.98. The monoisotopic (exact) mass is 366 g/mol. The van der Waals surface area contributed by atoms with Crippen molar-refractivity contribution in [3.05, 3.63) is 51.9 Å². The van der Waals surface area contributed by atoms with Crippen LogP contribution < -0.4 is 14.9 Å². The van der Waals surface area contributed by atoms with Gasteiger partial charge < -0.3 is 19.0 Å². The first-order chi connectivity index (χ1) is 13.1. The van der Waals surface area contributed by atoms with E-state index in [1.165, 1.54) is 0 Å². The SMILES string of the molecule is CCCc1oc2cc(O)c(CC)cc2c(=O)c1-c1ccc2c(c1)OCCO2. The van der Waals surface area contributed by atoms with Crippen LogP contribution in [0.5, 0.6) is 17.2 Å². The van der Waals surface area contributed by atoms with Gasteiger partial charge in [0.05, 0.1) is 10.9 Å². The van der Waals surface area contributed by atoms with Gasteiger partial charge in [-0.15, -0.1) is 0 Å². The van der Waals surface area contributed by atoms with Gasteiger partial charge in [-0.25, -0.2) is 0 Å². The van der Waals surface area contributed by atoms with E-state index in [9.17, 15) is 9.90 Å². The van der Waals surface area contributed by atoms with Crippen LogP contribution in [0, 0.1) is 0 Å². The summed E-state index contributed by atoms with van der Waals surface area (Å²) < 4.78 is 17.3. The summed E-state index contributed by atoms with van der Waals surface area (Å²) in [7, 11) is 0.